The van der Waals surface area contributed by atoms with Crippen LogP contribution in [-0.4, -0.2) is 15.7 Å². The van der Waals surface area contributed by atoms with Gasteiger partial charge < -0.3 is 15.3 Å². The first-order chi connectivity index (χ1) is 20.6. The molecule has 0 saturated carbocycles. The lowest BCUT2D eigenvalue weighted by molar-refractivity contribution is 0.547. The van der Waals surface area contributed by atoms with Gasteiger partial charge in [0.25, 0.3) is 0 Å². The second-order valence-electron chi connectivity index (χ2n) is 12.9. The number of nitrogens with one attached hydrogen (secondary N) is 3. The van der Waals surface area contributed by atoms with Gasteiger partial charge in [-0.05, 0) is 96.2 Å². The molecule has 0 unspecified atom stereocenters. The fraction of sp³-hybridized carbons (Fsp3) is 0.237. The molecule has 2 aromatic heterocycles. The van der Waals surface area contributed by atoms with E-state index in [0.29, 0.717) is 0 Å². The molecule has 3 aliphatic heterocycles. The quantitative estimate of drug-likeness (QED) is 0.208. The second-order valence-corrected chi connectivity index (χ2v) is 13.8. The molecule has 43 heavy (non-hydrogen) atoms. The SMILES string of the molecule is Cc1ccc(C2=c3ccc([nH]3)=CC3=NC(=Cc4[nH]c(cc4Br)C(c4c(C)cc(C)cc4C)=C4CC=C2N4)CC3(C)C)cc1. The molecule has 5 heteroatoms. The molecule has 5 heterocycles. The summed E-state index contributed by atoms with van der Waals surface area (Å²) in [5, 5.41) is 6.06. The number of allylic oxidation sites excluding steroid dienone is 3. The molecule has 3 aliphatic rings. The van der Waals surface area contributed by atoms with E-state index in [2.05, 4.69) is 146 Å². The summed E-state index contributed by atoms with van der Waals surface area (Å²) in [5.41, 5.74) is 16.4. The standard InChI is InChI=1S/C38H37BrN4/c1-21-7-9-25(10-8-21)36-29-12-11-26(40-29)18-34-38(5,6)20-27(41-34)17-32-28(39)19-33(43-32)37(31-14-13-30(36)42-31)35-23(3)15-22(2)16-24(35)4/h7-13,15-19,40,42-43H,14,20H2,1-6H3. The predicted molar refractivity (Wildman–Crippen MR) is 183 cm³/mol. The van der Waals surface area contributed by atoms with Gasteiger partial charge in [0.05, 0.1) is 5.69 Å². The van der Waals surface area contributed by atoms with E-state index in [9.17, 15) is 0 Å². The first-order valence-electron chi connectivity index (χ1n) is 15.0. The van der Waals surface area contributed by atoms with Crippen molar-refractivity contribution in [2.45, 2.75) is 54.4 Å². The maximum absolute atomic E-state index is 5.14. The molecular formula is C38H37BrN4. The number of H-pyrrole nitrogens is 2. The highest BCUT2D eigenvalue weighted by molar-refractivity contribution is 9.10. The molecule has 7 rings (SSSR count). The Kier molecular flexibility index (Phi) is 6.62. The number of aliphatic imine (C=N–C) groups is 1. The Morgan fingerprint density at radius 3 is 2.30 bits per heavy atom. The Morgan fingerprint density at radius 1 is 0.814 bits per heavy atom. The topological polar surface area (TPSA) is 56.0 Å². The first kappa shape index (κ1) is 27.7. The molecular weight excluding hydrogens is 592 g/mol. The molecule has 0 radical (unpaired) electrons. The minimum absolute atomic E-state index is 0.0666. The van der Waals surface area contributed by atoms with Crippen LogP contribution in [0.4, 0.5) is 0 Å². The van der Waals surface area contributed by atoms with Crippen molar-refractivity contribution >= 4 is 44.9 Å². The molecule has 4 nitrogen and oxygen atoms in total. The summed E-state index contributed by atoms with van der Waals surface area (Å²) >= 11 is 3.89. The van der Waals surface area contributed by atoms with Gasteiger partial charge in [0.1, 0.15) is 0 Å². The molecule has 8 bridgehead atoms. The van der Waals surface area contributed by atoms with Crippen LogP contribution in [0, 0.1) is 33.1 Å². The minimum atomic E-state index is -0.0666. The fourth-order valence-corrected chi connectivity index (χ4v) is 7.28. The van der Waals surface area contributed by atoms with Gasteiger partial charge in [-0.25, -0.2) is 0 Å². The lowest BCUT2D eigenvalue weighted by atomic mass is 9.85. The van der Waals surface area contributed by atoms with Crippen LogP contribution in [0.25, 0.3) is 23.3 Å². The van der Waals surface area contributed by atoms with Crippen molar-refractivity contribution in [3.05, 3.63) is 138 Å². The molecule has 3 N–H and O–H groups in total. The van der Waals surface area contributed by atoms with E-state index in [-0.39, 0.29) is 5.41 Å². The number of benzene rings is 2. The highest BCUT2D eigenvalue weighted by Crippen LogP contribution is 2.40. The van der Waals surface area contributed by atoms with E-state index in [0.717, 1.165) is 56.5 Å². The lowest BCUT2D eigenvalue weighted by Gasteiger charge is -2.19. The number of fused-ring (bicyclic) bond motifs is 7. The number of aromatic nitrogens is 2. The van der Waals surface area contributed by atoms with E-state index in [1.807, 2.05) is 0 Å². The molecule has 0 atom stereocenters. The zero-order chi connectivity index (χ0) is 30.0. The highest BCUT2D eigenvalue weighted by Gasteiger charge is 2.31. The number of halogens is 1. The molecule has 0 saturated heterocycles. The summed E-state index contributed by atoms with van der Waals surface area (Å²) in [7, 11) is 0. The fourth-order valence-electron chi connectivity index (χ4n) is 6.84. The van der Waals surface area contributed by atoms with Crippen LogP contribution in [0.5, 0.6) is 0 Å². The molecule has 0 spiro atoms. The van der Waals surface area contributed by atoms with Crippen LogP contribution in [0.15, 0.2) is 87.2 Å². The number of rotatable bonds is 2. The molecule has 4 aromatic rings. The molecule has 0 fully saturated rings. The first-order valence-corrected chi connectivity index (χ1v) is 15.8. The number of hydrogen-bond donors (Lipinski definition) is 3. The van der Waals surface area contributed by atoms with E-state index < -0.39 is 0 Å². The third-order valence-corrected chi connectivity index (χ3v) is 9.52. The van der Waals surface area contributed by atoms with Crippen molar-refractivity contribution in [3.8, 4) is 0 Å². The average molecular weight is 630 g/mol. The minimum Gasteiger partial charge on any atom is -0.358 e. The number of nitrogens with zero attached hydrogens (tertiary/aromatic N) is 1. The van der Waals surface area contributed by atoms with E-state index >= 15 is 0 Å². The smallest absolute Gasteiger partial charge is 0.0547 e. The third kappa shape index (κ3) is 5.00. The van der Waals surface area contributed by atoms with E-state index in [1.165, 1.54) is 50.2 Å². The Bertz CT molecular complexity index is 2030. The third-order valence-electron chi connectivity index (χ3n) is 8.86. The van der Waals surface area contributed by atoms with Crippen LogP contribution in [-0.2, 0) is 0 Å². The van der Waals surface area contributed by atoms with E-state index in [4.69, 9.17) is 4.99 Å². The van der Waals surface area contributed by atoms with Gasteiger partial charge in [0.2, 0.25) is 0 Å². The van der Waals surface area contributed by atoms with Crippen LogP contribution >= 0.6 is 15.9 Å². The number of hydrogen-bond acceptors (Lipinski definition) is 2. The molecule has 2 aromatic carbocycles. The van der Waals surface area contributed by atoms with Gasteiger partial charge in [0, 0.05) is 73.1 Å². The zero-order valence-electron chi connectivity index (χ0n) is 25.7. The lowest BCUT2D eigenvalue weighted by Crippen LogP contribution is -2.22. The second kappa shape index (κ2) is 10.3. The van der Waals surface area contributed by atoms with Crippen molar-refractivity contribution < 1.29 is 0 Å². The largest absolute Gasteiger partial charge is 0.358 e. The van der Waals surface area contributed by atoms with Gasteiger partial charge in [-0.15, -0.1) is 0 Å². The molecule has 0 amide bonds. The van der Waals surface area contributed by atoms with E-state index in [1.54, 1.807) is 0 Å². The highest BCUT2D eigenvalue weighted by atomic mass is 79.9. The normalized spacial score (nSPS) is 17.4. The van der Waals surface area contributed by atoms with Gasteiger partial charge in [-0.2, -0.15) is 0 Å². The van der Waals surface area contributed by atoms with Crippen molar-refractivity contribution in [1.29, 1.82) is 0 Å². The maximum Gasteiger partial charge on any atom is 0.0547 e. The molecule has 0 aliphatic carbocycles. The van der Waals surface area contributed by atoms with Gasteiger partial charge in [-0.3, -0.25) is 4.99 Å². The summed E-state index contributed by atoms with van der Waals surface area (Å²) < 4.78 is 1.04. The monoisotopic (exact) mass is 628 g/mol. The summed E-state index contributed by atoms with van der Waals surface area (Å²) in [6.45, 7) is 13.3. The summed E-state index contributed by atoms with van der Waals surface area (Å²) in [6.07, 6.45) is 8.44. The van der Waals surface area contributed by atoms with Crippen LogP contribution in [0.3, 0.4) is 0 Å². The van der Waals surface area contributed by atoms with Crippen molar-refractivity contribution in [1.82, 2.24) is 15.3 Å². The van der Waals surface area contributed by atoms with Crippen molar-refractivity contribution in [2.75, 3.05) is 0 Å². The Labute approximate surface area is 261 Å². The molecule has 216 valence electrons. The average Bonchev–Trinajstić information content (AvgIpc) is 3.72. The van der Waals surface area contributed by atoms with Crippen molar-refractivity contribution in [3.63, 3.8) is 0 Å². The predicted octanol–water partition coefficient (Wildman–Crippen LogP) is 7.88. The summed E-state index contributed by atoms with van der Waals surface area (Å²) in [5.74, 6) is 0. The zero-order valence-corrected chi connectivity index (χ0v) is 27.3. The van der Waals surface area contributed by atoms with Gasteiger partial charge >= 0.3 is 0 Å². The Balaban J connectivity index is 1.54. The van der Waals surface area contributed by atoms with Gasteiger partial charge in [-0.1, -0.05) is 67.4 Å². The summed E-state index contributed by atoms with van der Waals surface area (Å²) in [4.78, 5) is 12.7. The maximum atomic E-state index is 5.14. The van der Waals surface area contributed by atoms with Crippen molar-refractivity contribution in [2.24, 2.45) is 10.4 Å². The Morgan fingerprint density at radius 2 is 1.56 bits per heavy atom. The Hall–Kier alpha value is -4.09. The number of aryl methyl sites for hydroxylation is 4. The van der Waals surface area contributed by atoms with Gasteiger partial charge in [0.15, 0.2) is 0 Å². The van der Waals surface area contributed by atoms with Crippen LogP contribution in [0.2, 0.25) is 0 Å². The number of aromatic amines is 2. The van der Waals surface area contributed by atoms with Crippen LogP contribution in [0.1, 0.15) is 71.5 Å². The van der Waals surface area contributed by atoms with Crippen LogP contribution < -0.4 is 16.0 Å². The summed E-state index contributed by atoms with van der Waals surface area (Å²) in [6, 6.07) is 20.0.